The average Bonchev–Trinajstić information content (AvgIpc) is 2.84. The summed E-state index contributed by atoms with van der Waals surface area (Å²) < 4.78 is 24.8. The molecular formula is C26H35O3P. The second kappa shape index (κ2) is 13.2. The molecule has 0 aliphatic carbocycles. The Labute approximate surface area is 182 Å². The fraction of sp³-hybridized carbons (Fsp3) is 0.308. The lowest BCUT2D eigenvalue weighted by atomic mass is 9.84. The molecular weight excluding hydrogens is 391 g/mol. The van der Waals surface area contributed by atoms with Gasteiger partial charge in [0.15, 0.2) is 6.79 Å². The van der Waals surface area contributed by atoms with Crippen LogP contribution in [0.1, 0.15) is 58.2 Å². The van der Waals surface area contributed by atoms with Crippen molar-refractivity contribution in [3.63, 3.8) is 0 Å². The third kappa shape index (κ3) is 4.92. The van der Waals surface area contributed by atoms with E-state index in [4.69, 9.17) is 9.05 Å². The van der Waals surface area contributed by atoms with Crippen molar-refractivity contribution >= 4 is 7.60 Å². The summed E-state index contributed by atoms with van der Waals surface area (Å²) in [6.45, 7) is 12.1. The molecule has 162 valence electrons. The zero-order valence-electron chi connectivity index (χ0n) is 19.0. The van der Waals surface area contributed by atoms with Gasteiger partial charge >= 0.3 is 7.60 Å². The first kappa shape index (κ1) is 25.8. The monoisotopic (exact) mass is 426 g/mol. The molecule has 1 heterocycles. The molecule has 0 saturated carbocycles. The minimum atomic E-state index is -3.40. The molecule has 0 radical (unpaired) electrons. The van der Waals surface area contributed by atoms with Crippen LogP contribution in [0.3, 0.4) is 0 Å². The highest BCUT2D eigenvalue weighted by Gasteiger charge is 2.58. The van der Waals surface area contributed by atoms with Gasteiger partial charge in [-0.05, 0) is 16.7 Å². The molecule has 0 atom stereocenters. The summed E-state index contributed by atoms with van der Waals surface area (Å²) in [7, 11) is -3.40. The van der Waals surface area contributed by atoms with Crippen LogP contribution in [-0.4, -0.2) is 6.79 Å². The number of rotatable bonds is 4. The van der Waals surface area contributed by atoms with Crippen LogP contribution in [0.5, 0.6) is 0 Å². The standard InChI is InChI=1S/C20H17O3P.3C2H6/c21-24(22-16-23-24)20(17-10-4-1-5-11-17,18-12-6-2-7-13-18)19-14-8-3-9-15-19;3*1-2/h1-15H,16H2;3*1-2H3. The zero-order chi connectivity index (χ0) is 22.5. The first-order chi connectivity index (χ1) is 14.8. The first-order valence-electron chi connectivity index (χ1n) is 10.8. The number of benzene rings is 3. The SMILES string of the molecule is CC.CC.CC.O=P1(C(c2ccccc2)(c2ccccc2)c2ccccc2)OCO1. The number of hydrogen-bond acceptors (Lipinski definition) is 3. The summed E-state index contributed by atoms with van der Waals surface area (Å²) in [6, 6.07) is 29.4. The van der Waals surface area contributed by atoms with Crippen LogP contribution in [0.25, 0.3) is 0 Å². The van der Waals surface area contributed by atoms with Crippen molar-refractivity contribution in [3.05, 3.63) is 108 Å². The van der Waals surface area contributed by atoms with E-state index >= 15 is 0 Å². The maximum Gasteiger partial charge on any atom is 0.354 e. The molecule has 1 aliphatic heterocycles. The Morgan fingerprint density at radius 2 is 0.833 bits per heavy atom. The normalized spacial score (nSPS) is 13.7. The Morgan fingerprint density at radius 1 is 0.567 bits per heavy atom. The molecule has 1 saturated heterocycles. The van der Waals surface area contributed by atoms with Gasteiger partial charge in [0.25, 0.3) is 0 Å². The molecule has 4 rings (SSSR count). The highest BCUT2D eigenvalue weighted by atomic mass is 31.2. The maximum absolute atomic E-state index is 13.6. The second-order valence-electron chi connectivity index (χ2n) is 5.68. The summed E-state index contributed by atoms with van der Waals surface area (Å²) >= 11 is 0. The summed E-state index contributed by atoms with van der Waals surface area (Å²) in [5.74, 6) is 0. The van der Waals surface area contributed by atoms with Gasteiger partial charge in [-0.3, -0.25) is 13.6 Å². The van der Waals surface area contributed by atoms with Crippen molar-refractivity contribution in [2.75, 3.05) is 6.79 Å². The van der Waals surface area contributed by atoms with Crippen molar-refractivity contribution in [2.45, 2.75) is 46.7 Å². The van der Waals surface area contributed by atoms with Crippen LogP contribution in [0.15, 0.2) is 91.0 Å². The van der Waals surface area contributed by atoms with E-state index in [-0.39, 0.29) is 6.79 Å². The van der Waals surface area contributed by atoms with Crippen LogP contribution >= 0.6 is 7.60 Å². The molecule has 1 fully saturated rings. The molecule has 0 bridgehead atoms. The van der Waals surface area contributed by atoms with Crippen molar-refractivity contribution in [1.29, 1.82) is 0 Å². The quantitative estimate of drug-likeness (QED) is 0.311. The lowest BCUT2D eigenvalue weighted by Gasteiger charge is -2.44. The minimum Gasteiger partial charge on any atom is -0.279 e. The van der Waals surface area contributed by atoms with Gasteiger partial charge in [-0.2, -0.15) is 0 Å². The smallest absolute Gasteiger partial charge is 0.279 e. The summed E-state index contributed by atoms with van der Waals surface area (Å²) in [6.07, 6.45) is 0. The summed E-state index contributed by atoms with van der Waals surface area (Å²) in [5, 5.41) is -0.977. The van der Waals surface area contributed by atoms with E-state index in [1.54, 1.807) is 0 Å². The average molecular weight is 427 g/mol. The first-order valence-corrected chi connectivity index (χ1v) is 12.4. The van der Waals surface area contributed by atoms with Crippen LogP contribution in [0, 0.1) is 0 Å². The van der Waals surface area contributed by atoms with Gasteiger partial charge in [0.2, 0.25) is 0 Å². The number of hydrogen-bond donors (Lipinski definition) is 0. The Balaban J connectivity index is 0.000000691. The van der Waals surface area contributed by atoms with E-state index in [1.807, 2.05) is 133 Å². The van der Waals surface area contributed by atoms with E-state index < -0.39 is 12.8 Å². The van der Waals surface area contributed by atoms with Gasteiger partial charge in [-0.1, -0.05) is 133 Å². The van der Waals surface area contributed by atoms with E-state index in [0.29, 0.717) is 0 Å². The largest absolute Gasteiger partial charge is 0.354 e. The molecule has 1 aliphatic rings. The topological polar surface area (TPSA) is 35.5 Å². The van der Waals surface area contributed by atoms with Gasteiger partial charge in [-0.15, -0.1) is 0 Å². The van der Waals surface area contributed by atoms with Gasteiger partial charge < -0.3 is 0 Å². The highest BCUT2D eigenvalue weighted by Crippen LogP contribution is 2.74. The van der Waals surface area contributed by atoms with Crippen LogP contribution in [0.2, 0.25) is 0 Å². The fourth-order valence-corrected chi connectivity index (χ4v) is 5.43. The van der Waals surface area contributed by atoms with E-state index in [9.17, 15) is 4.57 Å². The third-order valence-corrected chi connectivity index (χ3v) is 6.92. The van der Waals surface area contributed by atoms with Crippen LogP contribution in [0.4, 0.5) is 0 Å². The lowest BCUT2D eigenvalue weighted by Crippen LogP contribution is -2.35. The van der Waals surface area contributed by atoms with Crippen molar-refractivity contribution in [2.24, 2.45) is 0 Å². The molecule has 30 heavy (non-hydrogen) atoms. The van der Waals surface area contributed by atoms with Gasteiger partial charge in [0.1, 0.15) is 5.16 Å². The van der Waals surface area contributed by atoms with Crippen molar-refractivity contribution < 1.29 is 13.6 Å². The predicted molar refractivity (Wildman–Crippen MR) is 128 cm³/mol. The van der Waals surface area contributed by atoms with E-state index in [2.05, 4.69) is 0 Å². The molecule has 0 N–H and O–H groups in total. The Bertz CT molecular complexity index is 760. The highest BCUT2D eigenvalue weighted by molar-refractivity contribution is 7.56. The Morgan fingerprint density at radius 3 is 1.03 bits per heavy atom. The molecule has 3 nitrogen and oxygen atoms in total. The predicted octanol–water partition coefficient (Wildman–Crippen LogP) is 8.25. The van der Waals surface area contributed by atoms with Crippen LogP contribution < -0.4 is 0 Å². The van der Waals surface area contributed by atoms with Crippen molar-refractivity contribution in [3.8, 4) is 0 Å². The fourth-order valence-electron chi connectivity index (χ4n) is 3.35. The zero-order valence-corrected chi connectivity index (χ0v) is 19.9. The minimum absolute atomic E-state index is 0.0610. The molecule has 0 aromatic heterocycles. The van der Waals surface area contributed by atoms with E-state index in [0.717, 1.165) is 16.7 Å². The van der Waals surface area contributed by atoms with Gasteiger partial charge in [-0.25, -0.2) is 0 Å². The third-order valence-electron chi connectivity index (χ3n) is 4.43. The second-order valence-corrected chi connectivity index (χ2v) is 7.86. The molecule has 3 aromatic rings. The van der Waals surface area contributed by atoms with Crippen molar-refractivity contribution in [1.82, 2.24) is 0 Å². The van der Waals surface area contributed by atoms with E-state index in [1.165, 1.54) is 0 Å². The van der Waals surface area contributed by atoms with Gasteiger partial charge in [0, 0.05) is 0 Å². The molecule has 3 aromatic carbocycles. The maximum atomic E-state index is 13.6. The molecule has 0 unspecified atom stereocenters. The molecule has 0 amide bonds. The lowest BCUT2D eigenvalue weighted by molar-refractivity contribution is 0.000883. The Kier molecular flexibility index (Phi) is 11.4. The summed E-state index contributed by atoms with van der Waals surface area (Å²) in [5.41, 5.74) is 2.68. The molecule has 0 spiro atoms. The summed E-state index contributed by atoms with van der Waals surface area (Å²) in [4.78, 5) is 0. The van der Waals surface area contributed by atoms with Gasteiger partial charge in [0.05, 0.1) is 0 Å². The van der Waals surface area contributed by atoms with Crippen LogP contribution in [-0.2, 0) is 18.8 Å². The molecule has 4 heteroatoms. The Hall–Kier alpha value is -2.19.